The van der Waals surface area contributed by atoms with Gasteiger partial charge in [0.05, 0.1) is 0 Å². The van der Waals surface area contributed by atoms with Gasteiger partial charge in [0.15, 0.2) is 0 Å². The summed E-state index contributed by atoms with van der Waals surface area (Å²) in [5, 5.41) is 2.93. The second-order valence-electron chi connectivity index (χ2n) is 6.36. The number of benzene rings is 1. The molecule has 1 amide bonds. The number of amides is 1. The molecule has 1 aromatic carbocycles. The van der Waals surface area contributed by atoms with Crippen molar-refractivity contribution in [3.05, 3.63) is 65.4 Å². The summed E-state index contributed by atoms with van der Waals surface area (Å²) >= 11 is 1.60. The van der Waals surface area contributed by atoms with Crippen molar-refractivity contribution in [2.45, 2.75) is 6.92 Å². The highest BCUT2D eigenvalue weighted by molar-refractivity contribution is 7.13. The second-order valence-corrected chi connectivity index (χ2v) is 7.25. The van der Waals surface area contributed by atoms with Gasteiger partial charge >= 0.3 is 0 Å². The van der Waals surface area contributed by atoms with Crippen molar-refractivity contribution < 1.29 is 4.79 Å². The number of piperazine rings is 1. The van der Waals surface area contributed by atoms with E-state index in [4.69, 9.17) is 0 Å². The quantitative estimate of drug-likeness (QED) is 0.714. The Bertz CT molecular complexity index is 884. The number of carbonyl (C=O) groups excluding carboxylic acids is 1. The summed E-state index contributed by atoms with van der Waals surface area (Å²) in [6.07, 6.45) is 5.50. The zero-order valence-electron chi connectivity index (χ0n) is 14.6. The molecule has 1 fully saturated rings. The van der Waals surface area contributed by atoms with Crippen LogP contribution in [-0.4, -0.2) is 47.0 Å². The molecule has 5 nitrogen and oxygen atoms in total. The molecule has 26 heavy (non-hydrogen) atoms. The molecule has 1 aliphatic rings. The van der Waals surface area contributed by atoms with E-state index in [1.807, 2.05) is 53.0 Å². The van der Waals surface area contributed by atoms with Crippen molar-refractivity contribution in [1.29, 1.82) is 0 Å². The number of aryl methyl sites for hydroxylation is 1. The molecule has 0 spiro atoms. The average Bonchev–Trinajstić information content (AvgIpc) is 3.23. The van der Waals surface area contributed by atoms with Crippen LogP contribution in [-0.2, 0) is 0 Å². The standard InChI is InChI=1S/C20H20N4OS/c1-15-14-21-7-6-18(15)23-9-11-24(12-10-23)20(25)17-4-2-16(3-5-17)19-22-8-13-26-19/h2-8,13-14H,9-12H2,1H3. The van der Waals surface area contributed by atoms with Gasteiger partial charge in [-0.3, -0.25) is 9.78 Å². The summed E-state index contributed by atoms with van der Waals surface area (Å²) < 4.78 is 0. The summed E-state index contributed by atoms with van der Waals surface area (Å²) in [6.45, 7) is 5.22. The Labute approximate surface area is 156 Å². The molecule has 132 valence electrons. The first kappa shape index (κ1) is 16.7. The lowest BCUT2D eigenvalue weighted by molar-refractivity contribution is 0.0747. The van der Waals surface area contributed by atoms with Crippen LogP contribution in [0, 0.1) is 6.92 Å². The van der Waals surface area contributed by atoms with Crippen LogP contribution in [0.25, 0.3) is 10.6 Å². The van der Waals surface area contributed by atoms with Gasteiger partial charge in [0.25, 0.3) is 5.91 Å². The first-order valence-electron chi connectivity index (χ1n) is 8.67. The Morgan fingerprint density at radius 2 is 1.81 bits per heavy atom. The Morgan fingerprint density at radius 1 is 1.04 bits per heavy atom. The molecular formula is C20H20N4OS. The molecule has 2 aromatic heterocycles. The molecule has 1 aliphatic heterocycles. The third-order valence-corrected chi connectivity index (χ3v) is 5.53. The monoisotopic (exact) mass is 364 g/mol. The summed E-state index contributed by atoms with van der Waals surface area (Å²) in [6, 6.07) is 9.80. The molecule has 0 N–H and O–H groups in total. The van der Waals surface area contributed by atoms with Crippen LogP contribution in [0.2, 0.25) is 0 Å². The number of carbonyl (C=O) groups is 1. The fraction of sp³-hybridized carbons (Fsp3) is 0.250. The minimum atomic E-state index is 0.0989. The maximum Gasteiger partial charge on any atom is 0.253 e. The number of pyridine rings is 1. The Hall–Kier alpha value is -2.73. The van der Waals surface area contributed by atoms with E-state index in [9.17, 15) is 4.79 Å². The van der Waals surface area contributed by atoms with Gasteiger partial charge in [0.2, 0.25) is 0 Å². The first-order valence-corrected chi connectivity index (χ1v) is 9.55. The van der Waals surface area contributed by atoms with Crippen LogP contribution in [0.1, 0.15) is 15.9 Å². The van der Waals surface area contributed by atoms with Crippen molar-refractivity contribution >= 4 is 22.9 Å². The molecule has 0 unspecified atom stereocenters. The molecule has 0 atom stereocenters. The zero-order valence-corrected chi connectivity index (χ0v) is 15.4. The SMILES string of the molecule is Cc1cnccc1N1CCN(C(=O)c2ccc(-c3nccs3)cc2)CC1. The highest BCUT2D eigenvalue weighted by atomic mass is 32.1. The highest BCUT2D eigenvalue weighted by Gasteiger charge is 2.23. The van der Waals surface area contributed by atoms with E-state index in [1.165, 1.54) is 11.3 Å². The Kier molecular flexibility index (Phi) is 4.67. The van der Waals surface area contributed by atoms with E-state index >= 15 is 0 Å². The van der Waals surface area contributed by atoms with E-state index in [0.717, 1.165) is 42.3 Å². The molecule has 3 heterocycles. The third-order valence-electron chi connectivity index (χ3n) is 4.71. The minimum absolute atomic E-state index is 0.0989. The van der Waals surface area contributed by atoms with E-state index in [1.54, 1.807) is 17.5 Å². The van der Waals surface area contributed by atoms with Gasteiger partial charge in [0.1, 0.15) is 5.01 Å². The molecule has 0 saturated carbocycles. The molecular weight excluding hydrogens is 344 g/mol. The normalized spacial score (nSPS) is 14.5. The lowest BCUT2D eigenvalue weighted by atomic mass is 10.1. The molecule has 1 saturated heterocycles. The van der Waals surface area contributed by atoms with Crippen LogP contribution >= 0.6 is 11.3 Å². The topological polar surface area (TPSA) is 49.3 Å². The maximum atomic E-state index is 12.8. The first-order chi connectivity index (χ1) is 12.7. The van der Waals surface area contributed by atoms with Crippen LogP contribution in [0.3, 0.4) is 0 Å². The van der Waals surface area contributed by atoms with Crippen LogP contribution in [0.5, 0.6) is 0 Å². The predicted molar refractivity (Wildman–Crippen MR) is 105 cm³/mol. The van der Waals surface area contributed by atoms with E-state index < -0.39 is 0 Å². The van der Waals surface area contributed by atoms with Gasteiger partial charge < -0.3 is 9.80 Å². The van der Waals surface area contributed by atoms with E-state index in [-0.39, 0.29) is 5.91 Å². The van der Waals surface area contributed by atoms with Gasteiger partial charge in [-0.2, -0.15) is 0 Å². The van der Waals surface area contributed by atoms with Gasteiger partial charge in [-0.15, -0.1) is 11.3 Å². The van der Waals surface area contributed by atoms with Crippen molar-refractivity contribution in [2.75, 3.05) is 31.1 Å². The summed E-state index contributed by atoms with van der Waals surface area (Å²) in [5.74, 6) is 0.0989. The van der Waals surface area contributed by atoms with Gasteiger partial charge in [-0.05, 0) is 30.7 Å². The fourth-order valence-corrected chi connectivity index (χ4v) is 3.92. The number of nitrogens with zero attached hydrogens (tertiary/aromatic N) is 4. The smallest absolute Gasteiger partial charge is 0.253 e. The largest absolute Gasteiger partial charge is 0.368 e. The van der Waals surface area contributed by atoms with Gasteiger partial charge in [0, 0.05) is 67.0 Å². The highest BCUT2D eigenvalue weighted by Crippen LogP contribution is 2.23. The summed E-state index contributed by atoms with van der Waals surface area (Å²) in [4.78, 5) is 25.5. The molecule has 6 heteroatoms. The van der Waals surface area contributed by atoms with Gasteiger partial charge in [-0.25, -0.2) is 4.98 Å². The van der Waals surface area contributed by atoms with Crippen molar-refractivity contribution in [1.82, 2.24) is 14.9 Å². The van der Waals surface area contributed by atoms with Gasteiger partial charge in [-0.1, -0.05) is 12.1 Å². The number of anilines is 1. The van der Waals surface area contributed by atoms with Crippen molar-refractivity contribution in [3.63, 3.8) is 0 Å². The number of aromatic nitrogens is 2. The number of thiazole rings is 1. The summed E-state index contributed by atoms with van der Waals surface area (Å²) in [5.41, 5.74) is 4.17. The molecule has 4 rings (SSSR count). The van der Waals surface area contributed by atoms with Crippen LogP contribution in [0.15, 0.2) is 54.3 Å². The van der Waals surface area contributed by atoms with Crippen LogP contribution in [0.4, 0.5) is 5.69 Å². The fourth-order valence-electron chi connectivity index (χ4n) is 3.28. The van der Waals surface area contributed by atoms with E-state index in [2.05, 4.69) is 21.8 Å². The molecule has 0 radical (unpaired) electrons. The lowest BCUT2D eigenvalue weighted by Crippen LogP contribution is -2.49. The van der Waals surface area contributed by atoms with Crippen molar-refractivity contribution in [3.8, 4) is 10.6 Å². The maximum absolute atomic E-state index is 12.8. The number of rotatable bonds is 3. The number of hydrogen-bond donors (Lipinski definition) is 0. The molecule has 3 aromatic rings. The molecule has 0 bridgehead atoms. The van der Waals surface area contributed by atoms with E-state index in [0.29, 0.717) is 0 Å². The Morgan fingerprint density at radius 3 is 2.46 bits per heavy atom. The predicted octanol–water partition coefficient (Wildman–Crippen LogP) is 3.48. The third kappa shape index (κ3) is 3.32. The van der Waals surface area contributed by atoms with Crippen molar-refractivity contribution in [2.24, 2.45) is 0 Å². The Balaban J connectivity index is 1.41. The lowest BCUT2D eigenvalue weighted by Gasteiger charge is -2.36. The second kappa shape index (κ2) is 7.25. The van der Waals surface area contributed by atoms with Crippen LogP contribution < -0.4 is 4.90 Å². The zero-order chi connectivity index (χ0) is 17.9. The summed E-state index contributed by atoms with van der Waals surface area (Å²) in [7, 11) is 0. The molecule has 0 aliphatic carbocycles. The number of hydrogen-bond acceptors (Lipinski definition) is 5. The average molecular weight is 364 g/mol. The minimum Gasteiger partial charge on any atom is -0.368 e.